The molecule has 0 atom stereocenters. The Morgan fingerprint density at radius 1 is 1.14 bits per heavy atom. The van der Waals surface area contributed by atoms with Crippen LogP contribution in [0.1, 0.15) is 21.7 Å². The van der Waals surface area contributed by atoms with Gasteiger partial charge in [0.25, 0.3) is 0 Å². The minimum absolute atomic E-state index is 0.664. The fourth-order valence-corrected chi connectivity index (χ4v) is 4.59. The van der Waals surface area contributed by atoms with Crippen LogP contribution in [-0.4, -0.2) is 16.1 Å². The summed E-state index contributed by atoms with van der Waals surface area (Å²) in [5.74, 6) is -0.304. The zero-order valence-corrected chi connectivity index (χ0v) is 16.9. The standard InChI is InChI=1S/C21H16F3NO2S2/c1-13-18(12-28-17-9-2-14(3-10-17)4-11-19(26)27)29-20(25-13)15-5-7-16(8-6-15)21(22,23)24/h2-11H,12H2,1H3,(H,26,27)/b11-4+. The number of aliphatic carboxylic acids is 1. The zero-order chi connectivity index (χ0) is 21.0. The van der Waals surface area contributed by atoms with E-state index in [9.17, 15) is 18.0 Å². The molecule has 0 amide bonds. The van der Waals surface area contributed by atoms with Crippen molar-refractivity contribution in [1.82, 2.24) is 4.98 Å². The molecule has 1 aromatic heterocycles. The van der Waals surface area contributed by atoms with Crippen molar-refractivity contribution in [3.05, 3.63) is 76.3 Å². The maximum Gasteiger partial charge on any atom is 0.416 e. The maximum atomic E-state index is 12.7. The first kappa shape index (κ1) is 21.1. The summed E-state index contributed by atoms with van der Waals surface area (Å²) in [7, 11) is 0. The largest absolute Gasteiger partial charge is 0.478 e. The van der Waals surface area contributed by atoms with Crippen molar-refractivity contribution in [2.75, 3.05) is 0 Å². The first-order chi connectivity index (χ1) is 13.7. The van der Waals surface area contributed by atoms with Gasteiger partial charge in [0.15, 0.2) is 0 Å². The molecule has 2 aromatic carbocycles. The van der Waals surface area contributed by atoms with Crippen molar-refractivity contribution in [3.63, 3.8) is 0 Å². The van der Waals surface area contributed by atoms with E-state index in [0.29, 0.717) is 16.3 Å². The normalized spacial score (nSPS) is 11.9. The Labute approximate surface area is 173 Å². The van der Waals surface area contributed by atoms with E-state index < -0.39 is 17.7 Å². The number of carboxylic acid groups (broad SMARTS) is 1. The number of hydrogen-bond acceptors (Lipinski definition) is 4. The van der Waals surface area contributed by atoms with Crippen molar-refractivity contribution >= 4 is 35.1 Å². The highest BCUT2D eigenvalue weighted by Gasteiger charge is 2.30. The van der Waals surface area contributed by atoms with Crippen LogP contribution in [-0.2, 0) is 16.7 Å². The molecule has 3 rings (SSSR count). The Bertz CT molecular complexity index is 1020. The minimum atomic E-state index is -4.35. The lowest BCUT2D eigenvalue weighted by atomic mass is 10.1. The molecule has 1 heterocycles. The number of benzene rings is 2. The number of aromatic nitrogens is 1. The smallest absolute Gasteiger partial charge is 0.416 e. The Morgan fingerprint density at radius 3 is 2.38 bits per heavy atom. The van der Waals surface area contributed by atoms with Gasteiger partial charge < -0.3 is 5.11 Å². The number of hydrogen-bond donors (Lipinski definition) is 1. The van der Waals surface area contributed by atoms with Crippen molar-refractivity contribution < 1.29 is 23.1 Å². The molecule has 0 unspecified atom stereocenters. The van der Waals surface area contributed by atoms with Crippen LogP contribution < -0.4 is 0 Å². The average Bonchev–Trinajstić information content (AvgIpc) is 3.05. The number of nitrogens with zero attached hydrogens (tertiary/aromatic N) is 1. The van der Waals surface area contributed by atoms with E-state index in [-0.39, 0.29) is 0 Å². The Morgan fingerprint density at radius 2 is 1.79 bits per heavy atom. The molecule has 0 spiro atoms. The SMILES string of the molecule is Cc1nc(-c2ccc(C(F)(F)F)cc2)sc1CSc1ccc(/C=C/C(=O)O)cc1. The first-order valence-electron chi connectivity index (χ1n) is 8.50. The highest BCUT2D eigenvalue weighted by molar-refractivity contribution is 7.98. The summed E-state index contributed by atoms with van der Waals surface area (Å²) in [5.41, 5.74) is 1.65. The van der Waals surface area contributed by atoms with Gasteiger partial charge in [-0.2, -0.15) is 13.2 Å². The number of thiazole rings is 1. The number of thioether (sulfide) groups is 1. The Balaban J connectivity index is 1.67. The van der Waals surface area contributed by atoms with E-state index in [1.54, 1.807) is 11.8 Å². The van der Waals surface area contributed by atoms with Crippen molar-refractivity contribution in [2.24, 2.45) is 0 Å². The molecule has 0 saturated heterocycles. The third-order valence-electron chi connectivity index (χ3n) is 4.02. The molecule has 1 N–H and O–H groups in total. The van der Waals surface area contributed by atoms with E-state index in [1.807, 2.05) is 31.2 Å². The van der Waals surface area contributed by atoms with Crippen LogP contribution >= 0.6 is 23.1 Å². The minimum Gasteiger partial charge on any atom is -0.478 e. The van der Waals surface area contributed by atoms with Gasteiger partial charge in [0.2, 0.25) is 0 Å². The molecule has 150 valence electrons. The van der Waals surface area contributed by atoms with E-state index in [4.69, 9.17) is 5.11 Å². The third-order valence-corrected chi connectivity index (χ3v) is 6.45. The van der Waals surface area contributed by atoms with Crippen molar-refractivity contribution in [3.8, 4) is 10.6 Å². The van der Waals surface area contributed by atoms with Gasteiger partial charge in [-0.05, 0) is 42.8 Å². The van der Waals surface area contributed by atoms with Gasteiger partial charge in [0, 0.05) is 27.2 Å². The highest BCUT2D eigenvalue weighted by atomic mass is 32.2. The van der Waals surface area contributed by atoms with Crippen LogP contribution in [0.15, 0.2) is 59.5 Å². The van der Waals surface area contributed by atoms with E-state index in [0.717, 1.165) is 39.2 Å². The molecular formula is C21H16F3NO2S2. The van der Waals surface area contributed by atoms with E-state index >= 15 is 0 Å². The fourth-order valence-electron chi connectivity index (χ4n) is 2.48. The summed E-state index contributed by atoms with van der Waals surface area (Å²) >= 11 is 3.09. The molecule has 0 fully saturated rings. The van der Waals surface area contributed by atoms with Gasteiger partial charge in [-0.15, -0.1) is 23.1 Å². The molecule has 0 aliphatic heterocycles. The summed E-state index contributed by atoms with van der Waals surface area (Å²) in [6, 6.07) is 12.5. The van der Waals surface area contributed by atoms with Gasteiger partial charge in [0.05, 0.1) is 11.3 Å². The number of alkyl halides is 3. The summed E-state index contributed by atoms with van der Waals surface area (Å²) in [4.78, 5) is 17.1. The van der Waals surface area contributed by atoms with E-state index in [1.165, 1.54) is 29.5 Å². The van der Waals surface area contributed by atoms with Gasteiger partial charge in [-0.1, -0.05) is 24.3 Å². The van der Waals surface area contributed by atoms with Crippen LogP contribution in [0.3, 0.4) is 0 Å². The lowest BCUT2D eigenvalue weighted by Gasteiger charge is -2.06. The summed E-state index contributed by atoms with van der Waals surface area (Å²) < 4.78 is 38.1. The van der Waals surface area contributed by atoms with Crippen LogP contribution in [0.25, 0.3) is 16.6 Å². The molecule has 0 aliphatic rings. The van der Waals surface area contributed by atoms with Gasteiger partial charge in [0.1, 0.15) is 5.01 Å². The van der Waals surface area contributed by atoms with Crippen LogP contribution in [0, 0.1) is 6.92 Å². The monoisotopic (exact) mass is 435 g/mol. The lowest BCUT2D eigenvalue weighted by Crippen LogP contribution is -2.03. The topological polar surface area (TPSA) is 50.2 Å². The average molecular weight is 435 g/mol. The summed E-state index contributed by atoms with van der Waals surface area (Å²) in [5, 5.41) is 9.35. The van der Waals surface area contributed by atoms with Gasteiger partial charge >= 0.3 is 12.1 Å². The first-order valence-corrected chi connectivity index (χ1v) is 10.3. The van der Waals surface area contributed by atoms with Crippen molar-refractivity contribution in [1.29, 1.82) is 0 Å². The zero-order valence-electron chi connectivity index (χ0n) is 15.2. The van der Waals surface area contributed by atoms with Crippen LogP contribution in [0.2, 0.25) is 0 Å². The fraction of sp³-hybridized carbons (Fsp3) is 0.143. The Kier molecular flexibility index (Phi) is 6.44. The quantitative estimate of drug-likeness (QED) is 0.353. The predicted octanol–water partition coefficient (Wildman–Crippen LogP) is 6.53. The number of carbonyl (C=O) groups is 1. The lowest BCUT2D eigenvalue weighted by molar-refractivity contribution is -0.137. The number of carboxylic acids is 1. The molecule has 8 heteroatoms. The number of aryl methyl sites for hydroxylation is 1. The second-order valence-electron chi connectivity index (χ2n) is 6.13. The molecule has 0 aliphatic carbocycles. The molecule has 0 saturated carbocycles. The molecule has 3 nitrogen and oxygen atoms in total. The molecule has 29 heavy (non-hydrogen) atoms. The highest BCUT2D eigenvalue weighted by Crippen LogP contribution is 2.35. The summed E-state index contributed by atoms with van der Waals surface area (Å²) in [6.45, 7) is 1.89. The Hall–Kier alpha value is -2.58. The van der Waals surface area contributed by atoms with Crippen molar-refractivity contribution in [2.45, 2.75) is 23.7 Å². The van der Waals surface area contributed by atoms with Crippen LogP contribution in [0.4, 0.5) is 13.2 Å². The molecule has 0 radical (unpaired) electrons. The predicted molar refractivity (Wildman–Crippen MR) is 110 cm³/mol. The van der Waals surface area contributed by atoms with Crippen LogP contribution in [0.5, 0.6) is 0 Å². The maximum absolute atomic E-state index is 12.7. The second-order valence-corrected chi connectivity index (χ2v) is 8.26. The molecule has 3 aromatic rings. The number of rotatable bonds is 6. The number of halogens is 3. The third kappa shape index (κ3) is 5.71. The molecular weight excluding hydrogens is 419 g/mol. The molecule has 0 bridgehead atoms. The second kappa shape index (κ2) is 8.84. The van der Waals surface area contributed by atoms with Gasteiger partial charge in [-0.3, -0.25) is 0 Å². The van der Waals surface area contributed by atoms with E-state index in [2.05, 4.69) is 4.98 Å². The van der Waals surface area contributed by atoms with Gasteiger partial charge in [-0.25, -0.2) is 9.78 Å². The summed E-state index contributed by atoms with van der Waals surface area (Å²) in [6.07, 6.45) is -1.73.